The molecule has 0 radical (unpaired) electrons. The number of amides is 1. The number of rotatable bonds is 5. The van der Waals surface area contributed by atoms with Gasteiger partial charge in [0.2, 0.25) is 5.91 Å². The zero-order valence-electron chi connectivity index (χ0n) is 12.2. The monoisotopic (exact) mass is 275 g/mol. The third-order valence-corrected chi connectivity index (χ3v) is 4.15. The average Bonchev–Trinajstić information content (AvgIpc) is 2.46. The SMILES string of the molecule is CC(Cc1ccccc1)C(=O)NCC1CCCC(O)C1. The van der Waals surface area contributed by atoms with Crippen LogP contribution in [0, 0.1) is 11.8 Å². The van der Waals surface area contributed by atoms with E-state index in [2.05, 4.69) is 17.4 Å². The first-order valence-electron chi connectivity index (χ1n) is 7.65. The minimum atomic E-state index is -0.174. The number of carbonyl (C=O) groups excluding carboxylic acids is 1. The summed E-state index contributed by atoms with van der Waals surface area (Å²) in [4.78, 5) is 12.1. The van der Waals surface area contributed by atoms with Crippen molar-refractivity contribution >= 4 is 5.91 Å². The molecule has 1 fully saturated rings. The second kappa shape index (κ2) is 7.44. The highest BCUT2D eigenvalue weighted by atomic mass is 16.3. The zero-order valence-corrected chi connectivity index (χ0v) is 12.2. The quantitative estimate of drug-likeness (QED) is 0.867. The Bertz CT molecular complexity index is 418. The van der Waals surface area contributed by atoms with Crippen LogP contribution in [0.5, 0.6) is 0 Å². The molecule has 1 aliphatic carbocycles. The third-order valence-electron chi connectivity index (χ3n) is 4.15. The van der Waals surface area contributed by atoms with E-state index in [9.17, 15) is 9.90 Å². The fraction of sp³-hybridized carbons (Fsp3) is 0.588. The lowest BCUT2D eigenvalue weighted by Crippen LogP contribution is -2.36. The highest BCUT2D eigenvalue weighted by Gasteiger charge is 2.21. The molecule has 0 aromatic heterocycles. The van der Waals surface area contributed by atoms with Crippen LogP contribution in [-0.4, -0.2) is 23.7 Å². The number of aliphatic hydroxyl groups is 1. The molecular weight excluding hydrogens is 250 g/mol. The van der Waals surface area contributed by atoms with Crippen LogP contribution in [0.15, 0.2) is 30.3 Å². The van der Waals surface area contributed by atoms with E-state index < -0.39 is 0 Å². The number of hydrogen-bond donors (Lipinski definition) is 2. The van der Waals surface area contributed by atoms with E-state index in [0.717, 1.165) is 32.1 Å². The number of nitrogens with one attached hydrogen (secondary N) is 1. The molecule has 1 amide bonds. The van der Waals surface area contributed by atoms with Gasteiger partial charge >= 0.3 is 0 Å². The summed E-state index contributed by atoms with van der Waals surface area (Å²) >= 11 is 0. The Morgan fingerprint density at radius 1 is 1.35 bits per heavy atom. The highest BCUT2D eigenvalue weighted by Crippen LogP contribution is 2.23. The minimum Gasteiger partial charge on any atom is -0.393 e. The second-order valence-corrected chi connectivity index (χ2v) is 6.02. The van der Waals surface area contributed by atoms with Crippen LogP contribution in [0.4, 0.5) is 0 Å². The van der Waals surface area contributed by atoms with Gasteiger partial charge in [-0.3, -0.25) is 4.79 Å². The van der Waals surface area contributed by atoms with E-state index >= 15 is 0 Å². The van der Waals surface area contributed by atoms with Gasteiger partial charge in [0.05, 0.1) is 6.10 Å². The summed E-state index contributed by atoms with van der Waals surface area (Å²) < 4.78 is 0. The fourth-order valence-electron chi connectivity index (χ4n) is 2.93. The first kappa shape index (κ1) is 15.0. The van der Waals surface area contributed by atoms with Crippen LogP contribution in [0.1, 0.15) is 38.2 Å². The molecule has 2 rings (SSSR count). The van der Waals surface area contributed by atoms with Gasteiger partial charge in [0.1, 0.15) is 0 Å². The number of benzene rings is 1. The largest absolute Gasteiger partial charge is 0.393 e. The molecule has 0 spiro atoms. The average molecular weight is 275 g/mol. The normalized spacial score (nSPS) is 24.1. The molecular formula is C17H25NO2. The molecule has 3 unspecified atom stereocenters. The minimum absolute atomic E-state index is 0.00841. The summed E-state index contributed by atoms with van der Waals surface area (Å²) in [6, 6.07) is 10.1. The van der Waals surface area contributed by atoms with E-state index in [1.165, 1.54) is 5.56 Å². The van der Waals surface area contributed by atoms with Crippen LogP contribution in [-0.2, 0) is 11.2 Å². The molecule has 3 atom stereocenters. The van der Waals surface area contributed by atoms with Crippen LogP contribution in [0.3, 0.4) is 0 Å². The predicted molar refractivity (Wildman–Crippen MR) is 80.3 cm³/mol. The van der Waals surface area contributed by atoms with Crippen molar-refractivity contribution in [2.75, 3.05) is 6.54 Å². The predicted octanol–water partition coefficient (Wildman–Crippen LogP) is 2.53. The Balaban J connectivity index is 1.74. The molecule has 0 aliphatic heterocycles. The molecule has 3 nitrogen and oxygen atoms in total. The lowest BCUT2D eigenvalue weighted by atomic mass is 9.87. The Labute approximate surface area is 121 Å². The summed E-state index contributed by atoms with van der Waals surface area (Å²) in [6.07, 6.45) is 4.53. The Morgan fingerprint density at radius 3 is 2.80 bits per heavy atom. The van der Waals surface area contributed by atoms with E-state index in [1.807, 2.05) is 25.1 Å². The van der Waals surface area contributed by atoms with E-state index in [-0.39, 0.29) is 17.9 Å². The van der Waals surface area contributed by atoms with Gasteiger partial charge in [-0.15, -0.1) is 0 Å². The maximum Gasteiger partial charge on any atom is 0.223 e. The van der Waals surface area contributed by atoms with Gasteiger partial charge in [-0.2, -0.15) is 0 Å². The first-order valence-corrected chi connectivity index (χ1v) is 7.65. The smallest absolute Gasteiger partial charge is 0.223 e. The fourth-order valence-corrected chi connectivity index (χ4v) is 2.93. The molecule has 1 aromatic rings. The van der Waals surface area contributed by atoms with Crippen LogP contribution < -0.4 is 5.32 Å². The van der Waals surface area contributed by atoms with Gasteiger partial charge in [0.25, 0.3) is 0 Å². The van der Waals surface area contributed by atoms with Gasteiger partial charge in [0, 0.05) is 12.5 Å². The van der Waals surface area contributed by atoms with Gasteiger partial charge in [-0.25, -0.2) is 0 Å². The summed E-state index contributed by atoms with van der Waals surface area (Å²) in [5, 5.41) is 12.7. The van der Waals surface area contributed by atoms with E-state index in [0.29, 0.717) is 12.5 Å². The molecule has 3 heteroatoms. The molecule has 0 heterocycles. The van der Waals surface area contributed by atoms with Crippen molar-refractivity contribution in [1.82, 2.24) is 5.32 Å². The second-order valence-electron chi connectivity index (χ2n) is 6.02. The van der Waals surface area contributed by atoms with Gasteiger partial charge in [-0.1, -0.05) is 43.7 Å². The lowest BCUT2D eigenvalue weighted by molar-refractivity contribution is -0.124. The molecule has 1 aliphatic rings. The third kappa shape index (κ3) is 4.64. The summed E-state index contributed by atoms with van der Waals surface area (Å²) in [7, 11) is 0. The Kier molecular flexibility index (Phi) is 5.60. The van der Waals surface area contributed by atoms with Crippen molar-refractivity contribution in [3.05, 3.63) is 35.9 Å². The lowest BCUT2D eigenvalue weighted by Gasteiger charge is -2.26. The van der Waals surface area contributed by atoms with Gasteiger partial charge in [0.15, 0.2) is 0 Å². The van der Waals surface area contributed by atoms with Crippen molar-refractivity contribution < 1.29 is 9.90 Å². The summed E-state index contributed by atoms with van der Waals surface area (Å²) in [5.74, 6) is 0.548. The number of carbonyl (C=O) groups is 1. The molecule has 20 heavy (non-hydrogen) atoms. The molecule has 0 saturated heterocycles. The van der Waals surface area contributed by atoms with Crippen LogP contribution in [0.2, 0.25) is 0 Å². The topological polar surface area (TPSA) is 49.3 Å². The van der Waals surface area contributed by atoms with Gasteiger partial charge in [-0.05, 0) is 37.2 Å². The van der Waals surface area contributed by atoms with Crippen molar-refractivity contribution in [3.63, 3.8) is 0 Å². The first-order chi connectivity index (χ1) is 9.65. The molecule has 110 valence electrons. The van der Waals surface area contributed by atoms with E-state index in [1.54, 1.807) is 0 Å². The number of aliphatic hydroxyl groups excluding tert-OH is 1. The molecule has 1 aromatic carbocycles. The molecule has 0 bridgehead atoms. The van der Waals surface area contributed by atoms with Crippen molar-refractivity contribution in [3.8, 4) is 0 Å². The zero-order chi connectivity index (χ0) is 14.4. The summed E-state index contributed by atoms with van der Waals surface area (Å²) in [6.45, 7) is 2.67. The Hall–Kier alpha value is -1.35. The Morgan fingerprint density at radius 2 is 2.10 bits per heavy atom. The molecule has 2 N–H and O–H groups in total. The van der Waals surface area contributed by atoms with Crippen LogP contribution >= 0.6 is 0 Å². The van der Waals surface area contributed by atoms with Crippen molar-refractivity contribution in [2.24, 2.45) is 11.8 Å². The van der Waals surface area contributed by atoms with Crippen molar-refractivity contribution in [1.29, 1.82) is 0 Å². The summed E-state index contributed by atoms with van der Waals surface area (Å²) in [5.41, 5.74) is 1.20. The van der Waals surface area contributed by atoms with Gasteiger partial charge < -0.3 is 10.4 Å². The standard InChI is InChI=1S/C17H25NO2/c1-13(10-14-6-3-2-4-7-14)17(20)18-12-15-8-5-9-16(19)11-15/h2-4,6-7,13,15-16,19H,5,8-12H2,1H3,(H,18,20). The number of hydrogen-bond acceptors (Lipinski definition) is 2. The maximum atomic E-state index is 12.1. The highest BCUT2D eigenvalue weighted by molar-refractivity contribution is 5.78. The maximum absolute atomic E-state index is 12.1. The molecule has 1 saturated carbocycles. The van der Waals surface area contributed by atoms with E-state index in [4.69, 9.17) is 0 Å². The van der Waals surface area contributed by atoms with Crippen molar-refractivity contribution in [2.45, 2.75) is 45.1 Å². The van der Waals surface area contributed by atoms with Crippen LogP contribution in [0.25, 0.3) is 0 Å².